The van der Waals surface area contributed by atoms with Crippen LogP contribution in [0.15, 0.2) is 85.1 Å². The number of hydrogen-bond acceptors (Lipinski definition) is 6. The number of hydrogen-bond donors (Lipinski definition) is 2. The summed E-state index contributed by atoms with van der Waals surface area (Å²) in [6, 6.07) is 0. The van der Waals surface area contributed by atoms with Gasteiger partial charge in [0, 0.05) is 12.8 Å². The van der Waals surface area contributed by atoms with Crippen LogP contribution in [0.5, 0.6) is 0 Å². The van der Waals surface area contributed by atoms with Crippen LogP contribution in [0.3, 0.4) is 0 Å². The second-order valence-corrected chi connectivity index (χ2v) is 14.1. The third-order valence-corrected chi connectivity index (χ3v) is 8.37. The Hall–Kier alpha value is -2.77. The predicted octanol–water partition coefficient (Wildman–Crippen LogP) is 12.1. The monoisotopic (exact) mass is 746 g/mol. The molecule has 0 aliphatic heterocycles. The highest BCUT2D eigenvalue weighted by molar-refractivity contribution is 7.46. The van der Waals surface area contributed by atoms with Gasteiger partial charge in [0.2, 0.25) is 0 Å². The van der Waals surface area contributed by atoms with Crippen LogP contribution in [0.25, 0.3) is 0 Å². The lowest BCUT2D eigenvalue weighted by Crippen LogP contribution is -2.29. The van der Waals surface area contributed by atoms with Crippen molar-refractivity contribution >= 4 is 19.8 Å². The number of rotatable bonds is 35. The first kappa shape index (κ1) is 49.2. The number of phosphoric ester groups is 1. The molecule has 0 bridgehead atoms. The minimum absolute atomic E-state index is 0.151. The van der Waals surface area contributed by atoms with E-state index in [4.69, 9.17) is 19.3 Å². The Morgan fingerprint density at radius 1 is 0.500 bits per heavy atom. The van der Waals surface area contributed by atoms with Gasteiger partial charge in [-0.3, -0.25) is 14.1 Å². The smallest absolute Gasteiger partial charge is 0.462 e. The van der Waals surface area contributed by atoms with Crippen molar-refractivity contribution in [1.82, 2.24) is 0 Å². The highest BCUT2D eigenvalue weighted by atomic mass is 31.2. The quantitative estimate of drug-likeness (QED) is 0.0285. The zero-order valence-corrected chi connectivity index (χ0v) is 33.3. The summed E-state index contributed by atoms with van der Waals surface area (Å²) in [5.41, 5.74) is 0. The topological polar surface area (TPSA) is 119 Å². The molecule has 0 saturated heterocycles. The van der Waals surface area contributed by atoms with Crippen molar-refractivity contribution in [1.29, 1.82) is 0 Å². The molecule has 0 rings (SSSR count). The zero-order valence-electron chi connectivity index (χ0n) is 32.4. The predicted molar refractivity (Wildman–Crippen MR) is 216 cm³/mol. The molecule has 0 aliphatic rings. The summed E-state index contributed by atoms with van der Waals surface area (Å²) in [4.78, 5) is 42.7. The Morgan fingerprint density at radius 2 is 0.865 bits per heavy atom. The van der Waals surface area contributed by atoms with E-state index in [9.17, 15) is 14.2 Å². The maximum atomic E-state index is 12.4. The molecule has 0 amide bonds. The molecule has 9 heteroatoms. The molecule has 0 saturated carbocycles. The summed E-state index contributed by atoms with van der Waals surface area (Å²) < 4.78 is 26.3. The standard InChI is InChI=1S/C43H71O8P/c1-3-5-7-9-11-13-15-17-19-20-21-22-24-25-27-29-31-33-35-37-42(44)49-39-41(40-50-52(46,47)48)51-43(45)38-36-34-32-30-28-26-23-18-16-14-12-10-8-6-4-2/h11-14,17-19,21-23,25,27-28,30,41H,3-10,15-16,20,24,26,29,31-40H2,1-2H3,(H2,46,47,48)/b13-11+,14-12+,19-17+,22-21+,23-18+,27-25+,30-28+/t41-/m1/s1. The fourth-order valence-electron chi connectivity index (χ4n) is 4.89. The van der Waals surface area contributed by atoms with Crippen molar-refractivity contribution in [2.24, 2.45) is 0 Å². The van der Waals surface area contributed by atoms with E-state index < -0.39 is 32.5 Å². The van der Waals surface area contributed by atoms with Gasteiger partial charge in [-0.25, -0.2) is 4.57 Å². The van der Waals surface area contributed by atoms with Crippen LogP contribution in [-0.4, -0.2) is 41.0 Å². The third kappa shape index (κ3) is 40.0. The van der Waals surface area contributed by atoms with E-state index in [1.54, 1.807) is 0 Å². The molecular formula is C43H71O8P. The van der Waals surface area contributed by atoms with Crippen LogP contribution in [-0.2, 0) is 28.2 Å². The molecule has 0 aliphatic carbocycles. The first-order valence-corrected chi connectivity index (χ1v) is 21.4. The third-order valence-electron chi connectivity index (χ3n) is 7.89. The molecule has 0 aromatic rings. The minimum atomic E-state index is -4.78. The van der Waals surface area contributed by atoms with Crippen LogP contribution in [0.1, 0.15) is 155 Å². The molecule has 8 nitrogen and oxygen atoms in total. The summed E-state index contributed by atoms with van der Waals surface area (Å²) >= 11 is 0. The van der Waals surface area contributed by atoms with E-state index in [0.717, 1.165) is 70.6 Å². The molecule has 0 aromatic heterocycles. The molecule has 1 atom stereocenters. The SMILES string of the molecule is CCCCC/C=C/C/C=C/C/C=C/C/C=C/CCCCCC(=O)OC[C@H](COP(=O)(O)O)OC(=O)CCCC/C=C/C/C=C/C/C=C/CCCCC. The zero-order chi connectivity index (χ0) is 38.2. The van der Waals surface area contributed by atoms with Gasteiger partial charge in [0.1, 0.15) is 6.61 Å². The Morgan fingerprint density at radius 3 is 1.29 bits per heavy atom. The van der Waals surface area contributed by atoms with E-state index in [0.29, 0.717) is 12.8 Å². The second kappa shape index (κ2) is 38.0. The van der Waals surface area contributed by atoms with Gasteiger partial charge in [-0.2, -0.15) is 0 Å². The minimum Gasteiger partial charge on any atom is -0.462 e. The van der Waals surface area contributed by atoms with E-state index >= 15 is 0 Å². The molecule has 0 fully saturated rings. The van der Waals surface area contributed by atoms with Crippen molar-refractivity contribution in [3.63, 3.8) is 0 Å². The van der Waals surface area contributed by atoms with Crippen LogP contribution < -0.4 is 0 Å². The second-order valence-electron chi connectivity index (χ2n) is 12.9. The summed E-state index contributed by atoms with van der Waals surface area (Å²) in [5, 5.41) is 0. The van der Waals surface area contributed by atoms with Crippen molar-refractivity contribution in [2.45, 2.75) is 161 Å². The molecular weight excluding hydrogens is 675 g/mol. The number of carbonyl (C=O) groups excluding carboxylic acids is 2. The largest absolute Gasteiger partial charge is 0.469 e. The lowest BCUT2D eigenvalue weighted by atomic mass is 10.1. The average molecular weight is 747 g/mol. The van der Waals surface area contributed by atoms with Gasteiger partial charge in [-0.1, -0.05) is 131 Å². The highest BCUT2D eigenvalue weighted by Crippen LogP contribution is 2.36. The highest BCUT2D eigenvalue weighted by Gasteiger charge is 2.22. The average Bonchev–Trinajstić information content (AvgIpc) is 3.11. The number of allylic oxidation sites excluding steroid dienone is 14. The Balaban J connectivity index is 4.10. The first-order valence-electron chi connectivity index (χ1n) is 19.9. The summed E-state index contributed by atoms with van der Waals surface area (Å²) in [5.74, 6) is -0.975. The molecule has 2 N–H and O–H groups in total. The number of unbranched alkanes of at least 4 members (excludes halogenated alkanes) is 11. The first-order chi connectivity index (χ1) is 25.3. The number of carbonyl (C=O) groups is 2. The maximum absolute atomic E-state index is 12.4. The van der Waals surface area contributed by atoms with Gasteiger partial charge in [0.15, 0.2) is 6.10 Å². The number of phosphoric acid groups is 1. The fourth-order valence-corrected chi connectivity index (χ4v) is 5.25. The van der Waals surface area contributed by atoms with Crippen molar-refractivity contribution < 1.29 is 37.9 Å². The van der Waals surface area contributed by atoms with Crippen LogP contribution in [0.2, 0.25) is 0 Å². The molecule has 0 heterocycles. The van der Waals surface area contributed by atoms with E-state index in [2.05, 4.69) is 103 Å². The molecule has 0 spiro atoms. The van der Waals surface area contributed by atoms with Crippen molar-refractivity contribution in [3.8, 4) is 0 Å². The van der Waals surface area contributed by atoms with Crippen LogP contribution in [0, 0.1) is 0 Å². The molecule has 0 radical (unpaired) electrons. The summed E-state index contributed by atoms with van der Waals surface area (Å²) in [6.07, 6.45) is 50.2. The molecule has 0 aromatic carbocycles. The normalized spacial score (nSPS) is 13.4. The Bertz CT molecular complexity index is 1110. The van der Waals surface area contributed by atoms with Gasteiger partial charge >= 0.3 is 19.8 Å². The Kier molecular flexibility index (Phi) is 35.9. The molecule has 296 valence electrons. The number of ether oxygens (including phenoxy) is 2. The van der Waals surface area contributed by atoms with Gasteiger partial charge in [0.25, 0.3) is 0 Å². The maximum Gasteiger partial charge on any atom is 0.469 e. The van der Waals surface area contributed by atoms with Crippen LogP contribution >= 0.6 is 7.82 Å². The van der Waals surface area contributed by atoms with Gasteiger partial charge in [-0.05, 0) is 96.3 Å². The lowest BCUT2D eigenvalue weighted by Gasteiger charge is -2.18. The molecule has 52 heavy (non-hydrogen) atoms. The molecule has 0 unspecified atom stereocenters. The fraction of sp³-hybridized carbons (Fsp3) is 0.628. The Labute approximate surface area is 316 Å². The summed E-state index contributed by atoms with van der Waals surface area (Å²) in [7, 11) is -4.78. The van der Waals surface area contributed by atoms with E-state index in [1.165, 1.54) is 44.9 Å². The van der Waals surface area contributed by atoms with Crippen molar-refractivity contribution in [2.75, 3.05) is 13.2 Å². The van der Waals surface area contributed by atoms with E-state index in [1.807, 2.05) is 0 Å². The summed E-state index contributed by atoms with van der Waals surface area (Å²) in [6.45, 7) is 3.55. The number of esters is 2. The van der Waals surface area contributed by atoms with Gasteiger partial charge in [-0.15, -0.1) is 0 Å². The van der Waals surface area contributed by atoms with Crippen LogP contribution in [0.4, 0.5) is 0 Å². The lowest BCUT2D eigenvalue weighted by molar-refractivity contribution is -0.161. The van der Waals surface area contributed by atoms with Gasteiger partial charge in [0.05, 0.1) is 6.61 Å². The van der Waals surface area contributed by atoms with E-state index in [-0.39, 0.29) is 19.4 Å². The van der Waals surface area contributed by atoms with Crippen molar-refractivity contribution in [3.05, 3.63) is 85.1 Å². The van der Waals surface area contributed by atoms with Gasteiger partial charge < -0.3 is 19.3 Å².